The maximum Gasteiger partial charge on any atom is 0.139 e. The molecule has 0 heterocycles. The number of fused-ring (bicyclic) bond motifs is 1. The summed E-state index contributed by atoms with van der Waals surface area (Å²) < 4.78 is 0. The topological polar surface area (TPSA) is 46.2 Å². The first kappa shape index (κ1) is 10.7. The Kier molecular flexibility index (Phi) is 2.41. The molecule has 3 rings (SSSR count). The Morgan fingerprint density at radius 1 is 0.778 bits per heavy atom. The Balaban J connectivity index is 2.22. The Morgan fingerprint density at radius 2 is 1.56 bits per heavy atom. The third-order valence-electron chi connectivity index (χ3n) is 3.14. The monoisotopic (exact) mass is 235 g/mol. The molecule has 2 nitrogen and oxygen atoms in total. The van der Waals surface area contributed by atoms with Crippen molar-refractivity contribution in [2.24, 2.45) is 0 Å². The SMILES string of the molecule is Nc1c(O)cccc1-c1ccc2ccccc2c1. The molecular formula is C16H13NO. The van der Waals surface area contributed by atoms with E-state index in [1.165, 1.54) is 5.39 Å². The molecule has 3 aromatic carbocycles. The van der Waals surface area contributed by atoms with Gasteiger partial charge in [0.05, 0.1) is 5.69 Å². The summed E-state index contributed by atoms with van der Waals surface area (Å²) in [4.78, 5) is 0. The first-order chi connectivity index (χ1) is 8.75. The van der Waals surface area contributed by atoms with E-state index >= 15 is 0 Å². The molecule has 0 spiro atoms. The van der Waals surface area contributed by atoms with E-state index in [0.717, 1.165) is 16.5 Å². The molecule has 0 saturated heterocycles. The lowest BCUT2D eigenvalue weighted by atomic mass is 10.00. The minimum absolute atomic E-state index is 0.126. The molecule has 2 heteroatoms. The van der Waals surface area contributed by atoms with Gasteiger partial charge in [0.25, 0.3) is 0 Å². The van der Waals surface area contributed by atoms with Crippen LogP contribution >= 0.6 is 0 Å². The normalized spacial score (nSPS) is 10.7. The number of rotatable bonds is 1. The van der Waals surface area contributed by atoms with Gasteiger partial charge in [0, 0.05) is 5.56 Å². The van der Waals surface area contributed by atoms with Gasteiger partial charge >= 0.3 is 0 Å². The van der Waals surface area contributed by atoms with Crippen LogP contribution in [0.1, 0.15) is 0 Å². The zero-order chi connectivity index (χ0) is 12.5. The Morgan fingerprint density at radius 3 is 2.39 bits per heavy atom. The van der Waals surface area contributed by atoms with Crippen molar-refractivity contribution in [2.45, 2.75) is 0 Å². The molecule has 3 N–H and O–H groups in total. The summed E-state index contributed by atoms with van der Waals surface area (Å²) >= 11 is 0. The maximum atomic E-state index is 9.65. The molecule has 0 aliphatic rings. The number of hydrogen-bond acceptors (Lipinski definition) is 2. The largest absolute Gasteiger partial charge is 0.506 e. The molecule has 0 aliphatic carbocycles. The van der Waals surface area contributed by atoms with Gasteiger partial charge in [-0.3, -0.25) is 0 Å². The molecule has 0 saturated carbocycles. The van der Waals surface area contributed by atoms with Crippen LogP contribution < -0.4 is 5.73 Å². The number of phenolic OH excluding ortho intramolecular Hbond substituents is 1. The summed E-state index contributed by atoms with van der Waals surface area (Å²) in [5, 5.41) is 12.0. The maximum absolute atomic E-state index is 9.65. The molecule has 0 aromatic heterocycles. The number of nitrogen functional groups attached to an aromatic ring is 1. The van der Waals surface area contributed by atoms with Crippen molar-refractivity contribution in [1.29, 1.82) is 0 Å². The predicted molar refractivity (Wildman–Crippen MR) is 75.5 cm³/mol. The second-order valence-corrected chi connectivity index (χ2v) is 4.30. The highest BCUT2D eigenvalue weighted by molar-refractivity contribution is 5.90. The van der Waals surface area contributed by atoms with E-state index in [0.29, 0.717) is 5.69 Å². The molecule has 0 atom stereocenters. The van der Waals surface area contributed by atoms with Gasteiger partial charge in [0.15, 0.2) is 0 Å². The van der Waals surface area contributed by atoms with Crippen LogP contribution in [0.3, 0.4) is 0 Å². The van der Waals surface area contributed by atoms with Gasteiger partial charge in [-0.15, -0.1) is 0 Å². The van der Waals surface area contributed by atoms with Crippen LogP contribution in [0.2, 0.25) is 0 Å². The molecule has 0 fully saturated rings. The molecule has 0 bridgehead atoms. The number of aromatic hydroxyl groups is 1. The molecule has 3 aromatic rings. The third kappa shape index (κ3) is 1.68. The smallest absolute Gasteiger partial charge is 0.139 e. The molecule has 88 valence electrons. The second-order valence-electron chi connectivity index (χ2n) is 4.30. The van der Waals surface area contributed by atoms with Crippen LogP contribution in [0.4, 0.5) is 5.69 Å². The lowest BCUT2D eigenvalue weighted by Gasteiger charge is -2.08. The first-order valence-electron chi connectivity index (χ1n) is 5.82. The van der Waals surface area contributed by atoms with Gasteiger partial charge in [-0.05, 0) is 28.5 Å². The summed E-state index contributed by atoms with van der Waals surface area (Å²) in [7, 11) is 0. The molecule has 18 heavy (non-hydrogen) atoms. The highest BCUT2D eigenvalue weighted by atomic mass is 16.3. The fourth-order valence-corrected chi connectivity index (χ4v) is 2.16. The summed E-state index contributed by atoms with van der Waals surface area (Å²) in [6.45, 7) is 0. The van der Waals surface area contributed by atoms with Crippen molar-refractivity contribution in [3.63, 3.8) is 0 Å². The highest BCUT2D eigenvalue weighted by Gasteiger charge is 2.06. The van der Waals surface area contributed by atoms with Crippen LogP contribution in [-0.4, -0.2) is 5.11 Å². The van der Waals surface area contributed by atoms with Crippen LogP contribution in [0.15, 0.2) is 60.7 Å². The summed E-state index contributed by atoms with van der Waals surface area (Å²) in [5.74, 6) is 0.126. The number of para-hydroxylation sites is 1. The minimum Gasteiger partial charge on any atom is -0.506 e. The molecule has 0 amide bonds. The molecule has 0 unspecified atom stereocenters. The minimum atomic E-state index is 0.126. The Labute approximate surface area is 105 Å². The van der Waals surface area contributed by atoms with Crippen molar-refractivity contribution in [1.82, 2.24) is 0 Å². The molecular weight excluding hydrogens is 222 g/mol. The average Bonchev–Trinajstić information content (AvgIpc) is 2.41. The summed E-state index contributed by atoms with van der Waals surface area (Å²) in [6.07, 6.45) is 0. The van der Waals surface area contributed by atoms with Crippen molar-refractivity contribution >= 4 is 16.5 Å². The van der Waals surface area contributed by atoms with Gasteiger partial charge in [-0.2, -0.15) is 0 Å². The lowest BCUT2D eigenvalue weighted by molar-refractivity contribution is 0.478. The Bertz CT molecular complexity index is 719. The second kappa shape index (κ2) is 4.08. The fraction of sp³-hybridized carbons (Fsp3) is 0. The molecule has 0 radical (unpaired) electrons. The van der Waals surface area contributed by atoms with E-state index in [1.807, 2.05) is 24.3 Å². The number of phenols is 1. The molecule has 0 aliphatic heterocycles. The van der Waals surface area contributed by atoms with Crippen LogP contribution in [-0.2, 0) is 0 Å². The van der Waals surface area contributed by atoms with Crippen LogP contribution in [0.25, 0.3) is 21.9 Å². The standard InChI is InChI=1S/C16H13NO/c17-16-14(6-3-7-15(16)18)13-9-8-11-4-1-2-5-12(11)10-13/h1-10,18H,17H2. The van der Waals surface area contributed by atoms with E-state index in [4.69, 9.17) is 5.73 Å². The van der Waals surface area contributed by atoms with Gasteiger partial charge < -0.3 is 10.8 Å². The summed E-state index contributed by atoms with van der Waals surface area (Å²) in [5.41, 5.74) is 8.21. The zero-order valence-corrected chi connectivity index (χ0v) is 9.80. The van der Waals surface area contributed by atoms with Gasteiger partial charge in [0.1, 0.15) is 5.75 Å². The highest BCUT2D eigenvalue weighted by Crippen LogP contribution is 2.33. The third-order valence-corrected chi connectivity index (χ3v) is 3.14. The van der Waals surface area contributed by atoms with Crippen molar-refractivity contribution < 1.29 is 5.11 Å². The van der Waals surface area contributed by atoms with Gasteiger partial charge in [-0.1, -0.05) is 48.5 Å². The zero-order valence-electron chi connectivity index (χ0n) is 9.80. The first-order valence-corrected chi connectivity index (χ1v) is 5.82. The lowest BCUT2D eigenvalue weighted by Crippen LogP contribution is -1.90. The number of nitrogens with two attached hydrogens (primary N) is 1. The van der Waals surface area contributed by atoms with Crippen LogP contribution in [0, 0.1) is 0 Å². The number of anilines is 1. The van der Waals surface area contributed by atoms with Crippen LogP contribution in [0.5, 0.6) is 5.75 Å². The number of hydrogen-bond donors (Lipinski definition) is 2. The average molecular weight is 235 g/mol. The van der Waals surface area contributed by atoms with Gasteiger partial charge in [-0.25, -0.2) is 0 Å². The predicted octanol–water partition coefficient (Wildman–Crippen LogP) is 3.79. The van der Waals surface area contributed by atoms with Crippen molar-refractivity contribution in [3.05, 3.63) is 60.7 Å². The van der Waals surface area contributed by atoms with E-state index in [-0.39, 0.29) is 5.75 Å². The van der Waals surface area contributed by atoms with Crippen molar-refractivity contribution in [2.75, 3.05) is 5.73 Å². The van der Waals surface area contributed by atoms with Crippen molar-refractivity contribution in [3.8, 4) is 16.9 Å². The number of benzene rings is 3. The Hall–Kier alpha value is -2.48. The van der Waals surface area contributed by atoms with E-state index in [1.54, 1.807) is 12.1 Å². The fourth-order valence-electron chi connectivity index (χ4n) is 2.16. The summed E-state index contributed by atoms with van der Waals surface area (Å²) in [6, 6.07) is 19.7. The van der Waals surface area contributed by atoms with E-state index in [2.05, 4.69) is 24.3 Å². The quantitative estimate of drug-likeness (QED) is 0.498. The van der Waals surface area contributed by atoms with E-state index in [9.17, 15) is 5.11 Å². The van der Waals surface area contributed by atoms with E-state index < -0.39 is 0 Å². The van der Waals surface area contributed by atoms with Gasteiger partial charge in [0.2, 0.25) is 0 Å².